The molecule has 0 amide bonds. The average molecular weight is 268 g/mol. The second-order valence-electron chi connectivity index (χ2n) is 5.02. The molecule has 1 aliphatic heterocycles. The van der Waals surface area contributed by atoms with Crippen LogP contribution in [0.4, 0.5) is 11.4 Å². The fourth-order valence-electron chi connectivity index (χ4n) is 2.71. The summed E-state index contributed by atoms with van der Waals surface area (Å²) in [6.45, 7) is 1.82. The monoisotopic (exact) mass is 268 g/mol. The highest BCUT2D eigenvalue weighted by atomic mass is 16.6. The van der Waals surface area contributed by atoms with E-state index in [0.717, 1.165) is 42.7 Å². The molecular formula is C16H16N2O2. The molecule has 0 atom stereocenters. The van der Waals surface area contributed by atoms with Gasteiger partial charge >= 0.3 is 0 Å². The summed E-state index contributed by atoms with van der Waals surface area (Å²) < 4.78 is 0. The first-order chi connectivity index (χ1) is 9.75. The summed E-state index contributed by atoms with van der Waals surface area (Å²) in [5.74, 6) is 0. The highest BCUT2D eigenvalue weighted by Gasteiger charge is 2.22. The summed E-state index contributed by atoms with van der Waals surface area (Å²) in [6, 6.07) is 15.3. The van der Waals surface area contributed by atoms with Crippen LogP contribution >= 0.6 is 0 Å². The molecular weight excluding hydrogens is 252 g/mol. The molecule has 0 bridgehead atoms. The molecule has 0 spiro atoms. The van der Waals surface area contributed by atoms with E-state index in [2.05, 4.69) is 4.90 Å². The van der Waals surface area contributed by atoms with E-state index in [-0.39, 0.29) is 10.6 Å². The average Bonchev–Trinajstić information content (AvgIpc) is 3.01. The Kier molecular flexibility index (Phi) is 3.37. The van der Waals surface area contributed by atoms with Gasteiger partial charge in [0.25, 0.3) is 5.69 Å². The molecule has 2 aromatic carbocycles. The number of anilines is 1. The first-order valence-corrected chi connectivity index (χ1v) is 6.84. The summed E-state index contributed by atoms with van der Waals surface area (Å²) >= 11 is 0. The van der Waals surface area contributed by atoms with Crippen LogP contribution in [0.1, 0.15) is 12.8 Å². The van der Waals surface area contributed by atoms with Crippen molar-refractivity contribution in [3.8, 4) is 11.1 Å². The molecule has 4 heteroatoms. The Balaban J connectivity index is 2.04. The minimum Gasteiger partial charge on any atom is -0.366 e. The van der Waals surface area contributed by atoms with Gasteiger partial charge in [0.2, 0.25) is 0 Å². The lowest BCUT2D eigenvalue weighted by molar-refractivity contribution is -0.384. The van der Waals surface area contributed by atoms with Gasteiger partial charge in [0.05, 0.1) is 4.92 Å². The smallest absolute Gasteiger partial charge is 0.293 e. The summed E-state index contributed by atoms with van der Waals surface area (Å²) in [4.78, 5) is 13.2. The Hall–Kier alpha value is -2.36. The number of hydrogen-bond acceptors (Lipinski definition) is 3. The van der Waals surface area contributed by atoms with Gasteiger partial charge < -0.3 is 4.90 Å². The van der Waals surface area contributed by atoms with Crippen LogP contribution in [0.3, 0.4) is 0 Å². The molecule has 4 nitrogen and oxygen atoms in total. The lowest BCUT2D eigenvalue weighted by atomic mass is 10.0. The second-order valence-corrected chi connectivity index (χ2v) is 5.02. The van der Waals surface area contributed by atoms with Crippen molar-refractivity contribution in [2.24, 2.45) is 0 Å². The number of nitro groups is 1. The van der Waals surface area contributed by atoms with Crippen LogP contribution in [-0.4, -0.2) is 18.0 Å². The van der Waals surface area contributed by atoms with Crippen molar-refractivity contribution in [3.05, 3.63) is 58.6 Å². The Morgan fingerprint density at radius 1 is 0.950 bits per heavy atom. The van der Waals surface area contributed by atoms with Crippen LogP contribution < -0.4 is 4.90 Å². The normalized spacial score (nSPS) is 14.5. The molecule has 0 unspecified atom stereocenters. The van der Waals surface area contributed by atoms with E-state index < -0.39 is 0 Å². The molecule has 0 aliphatic carbocycles. The highest BCUT2D eigenvalue weighted by molar-refractivity contribution is 5.74. The van der Waals surface area contributed by atoms with E-state index in [1.807, 2.05) is 42.5 Å². The predicted molar refractivity (Wildman–Crippen MR) is 80.0 cm³/mol. The number of nitrogens with zero attached hydrogens (tertiary/aromatic N) is 2. The Bertz CT molecular complexity index is 620. The van der Waals surface area contributed by atoms with Gasteiger partial charge in [-0.2, -0.15) is 0 Å². The SMILES string of the molecule is O=[N+]([O-])c1cc(-c2ccccc2)ccc1N1CCCC1. The maximum atomic E-state index is 11.3. The summed E-state index contributed by atoms with van der Waals surface area (Å²) in [6.07, 6.45) is 2.22. The Morgan fingerprint density at radius 2 is 1.65 bits per heavy atom. The molecule has 3 rings (SSSR count). The van der Waals surface area contributed by atoms with Crippen LogP contribution in [-0.2, 0) is 0 Å². The van der Waals surface area contributed by atoms with Crippen LogP contribution in [0.15, 0.2) is 48.5 Å². The molecule has 0 aromatic heterocycles. The van der Waals surface area contributed by atoms with Gasteiger partial charge in [-0.1, -0.05) is 36.4 Å². The van der Waals surface area contributed by atoms with E-state index in [4.69, 9.17) is 0 Å². The van der Waals surface area contributed by atoms with Gasteiger partial charge in [0.15, 0.2) is 0 Å². The van der Waals surface area contributed by atoms with Crippen LogP contribution in [0, 0.1) is 10.1 Å². The number of nitro benzene ring substituents is 1. The molecule has 1 aliphatic rings. The zero-order valence-corrected chi connectivity index (χ0v) is 11.2. The second kappa shape index (κ2) is 5.33. The van der Waals surface area contributed by atoms with E-state index >= 15 is 0 Å². The van der Waals surface area contributed by atoms with Gasteiger partial charge in [0, 0.05) is 19.2 Å². The van der Waals surface area contributed by atoms with E-state index in [1.165, 1.54) is 0 Å². The lowest BCUT2D eigenvalue weighted by Gasteiger charge is -2.18. The van der Waals surface area contributed by atoms with Gasteiger partial charge in [0.1, 0.15) is 5.69 Å². The van der Waals surface area contributed by atoms with Crippen LogP contribution in [0.2, 0.25) is 0 Å². The van der Waals surface area contributed by atoms with Gasteiger partial charge in [-0.3, -0.25) is 10.1 Å². The zero-order chi connectivity index (χ0) is 13.9. The van der Waals surface area contributed by atoms with Crippen molar-refractivity contribution in [1.82, 2.24) is 0 Å². The van der Waals surface area contributed by atoms with E-state index in [1.54, 1.807) is 6.07 Å². The summed E-state index contributed by atoms with van der Waals surface area (Å²) in [7, 11) is 0. The van der Waals surface area contributed by atoms with Crippen molar-refractivity contribution < 1.29 is 4.92 Å². The zero-order valence-electron chi connectivity index (χ0n) is 11.2. The van der Waals surface area contributed by atoms with Crippen molar-refractivity contribution in [3.63, 3.8) is 0 Å². The standard InChI is InChI=1S/C16H16N2O2/c19-18(20)16-12-14(13-6-2-1-3-7-13)8-9-15(16)17-10-4-5-11-17/h1-3,6-9,12H,4-5,10-11H2. The maximum Gasteiger partial charge on any atom is 0.293 e. The predicted octanol–water partition coefficient (Wildman–Crippen LogP) is 3.86. The van der Waals surface area contributed by atoms with E-state index in [9.17, 15) is 10.1 Å². The lowest BCUT2D eigenvalue weighted by Crippen LogP contribution is -2.18. The quantitative estimate of drug-likeness (QED) is 0.627. The van der Waals surface area contributed by atoms with E-state index in [0.29, 0.717) is 0 Å². The van der Waals surface area contributed by atoms with Crippen molar-refractivity contribution in [1.29, 1.82) is 0 Å². The van der Waals surface area contributed by atoms with Gasteiger partial charge in [-0.05, 0) is 30.0 Å². The van der Waals surface area contributed by atoms with Crippen LogP contribution in [0.25, 0.3) is 11.1 Å². The molecule has 1 saturated heterocycles. The summed E-state index contributed by atoms with van der Waals surface area (Å²) in [5.41, 5.74) is 2.84. The molecule has 1 heterocycles. The third-order valence-corrected chi connectivity index (χ3v) is 3.73. The molecule has 1 fully saturated rings. The fourth-order valence-corrected chi connectivity index (χ4v) is 2.71. The maximum absolute atomic E-state index is 11.3. The number of rotatable bonds is 3. The van der Waals surface area contributed by atoms with Gasteiger partial charge in [-0.15, -0.1) is 0 Å². The third kappa shape index (κ3) is 2.37. The molecule has 0 N–H and O–H groups in total. The molecule has 20 heavy (non-hydrogen) atoms. The first-order valence-electron chi connectivity index (χ1n) is 6.84. The minimum atomic E-state index is -0.278. The molecule has 0 saturated carbocycles. The van der Waals surface area contributed by atoms with Crippen molar-refractivity contribution >= 4 is 11.4 Å². The molecule has 2 aromatic rings. The highest BCUT2D eigenvalue weighted by Crippen LogP contribution is 2.34. The van der Waals surface area contributed by atoms with Crippen molar-refractivity contribution in [2.75, 3.05) is 18.0 Å². The van der Waals surface area contributed by atoms with Crippen LogP contribution in [0.5, 0.6) is 0 Å². The molecule has 0 radical (unpaired) electrons. The fraction of sp³-hybridized carbons (Fsp3) is 0.250. The molecule has 102 valence electrons. The Morgan fingerprint density at radius 3 is 2.30 bits per heavy atom. The van der Waals surface area contributed by atoms with Crippen molar-refractivity contribution in [2.45, 2.75) is 12.8 Å². The third-order valence-electron chi connectivity index (χ3n) is 3.73. The summed E-state index contributed by atoms with van der Waals surface area (Å²) in [5, 5.41) is 11.3. The largest absolute Gasteiger partial charge is 0.366 e. The Labute approximate surface area is 117 Å². The topological polar surface area (TPSA) is 46.4 Å². The first kappa shape index (κ1) is 12.7. The number of hydrogen-bond donors (Lipinski definition) is 0. The number of benzene rings is 2. The van der Waals surface area contributed by atoms with Gasteiger partial charge in [-0.25, -0.2) is 0 Å². The minimum absolute atomic E-state index is 0.202.